The molecule has 1 aliphatic rings. The summed E-state index contributed by atoms with van der Waals surface area (Å²) < 4.78 is 0. The molecule has 14 heavy (non-hydrogen) atoms. The number of rotatable bonds is 3. The fraction of sp³-hybridized carbons (Fsp3) is 0.556. The first kappa shape index (κ1) is 9.05. The molecule has 1 fully saturated rings. The summed E-state index contributed by atoms with van der Waals surface area (Å²) >= 11 is 0. The number of nitrogens with zero attached hydrogens (tertiary/aromatic N) is 1. The van der Waals surface area contributed by atoms with Crippen molar-refractivity contribution < 1.29 is 4.79 Å². The van der Waals surface area contributed by atoms with E-state index in [0.29, 0.717) is 17.4 Å². The summed E-state index contributed by atoms with van der Waals surface area (Å²) in [5.74, 6) is 1.14. The number of amides is 1. The molecule has 5 heteroatoms. The topological polar surface area (TPSA) is 83.8 Å². The zero-order valence-electron chi connectivity index (χ0n) is 8.08. The van der Waals surface area contributed by atoms with Crippen molar-refractivity contribution in [1.29, 1.82) is 0 Å². The van der Waals surface area contributed by atoms with Crippen LogP contribution in [-0.2, 0) is 4.79 Å². The van der Waals surface area contributed by atoms with Crippen molar-refractivity contribution in [2.24, 2.45) is 11.8 Å². The van der Waals surface area contributed by atoms with Gasteiger partial charge < -0.3 is 11.1 Å². The molecule has 2 rings (SSSR count). The molecule has 1 heterocycles. The molecule has 0 spiro atoms. The van der Waals surface area contributed by atoms with Gasteiger partial charge in [0.2, 0.25) is 5.91 Å². The van der Waals surface area contributed by atoms with Crippen LogP contribution in [0.2, 0.25) is 0 Å². The predicted octanol–water partition coefficient (Wildman–Crippen LogP) is 0.976. The van der Waals surface area contributed by atoms with Gasteiger partial charge >= 0.3 is 0 Å². The van der Waals surface area contributed by atoms with Crippen LogP contribution in [-0.4, -0.2) is 16.1 Å². The third-order valence-corrected chi connectivity index (χ3v) is 2.66. The van der Waals surface area contributed by atoms with Crippen molar-refractivity contribution >= 4 is 17.4 Å². The van der Waals surface area contributed by atoms with Crippen LogP contribution in [0.15, 0.2) is 6.20 Å². The number of anilines is 2. The van der Waals surface area contributed by atoms with Crippen LogP contribution in [0.4, 0.5) is 11.5 Å². The number of hydrogen-bond acceptors (Lipinski definition) is 3. The number of nitrogens with two attached hydrogens (primary N) is 1. The standard InChI is InChI=1S/C9H14N4O/c1-5(6-2-3-6)9(14)12-8-7(10)4-11-13-8/h4-6H,2-3,10H2,1H3,(H2,11,12,13,14). The van der Waals surface area contributed by atoms with Gasteiger partial charge in [-0.15, -0.1) is 0 Å². The lowest BCUT2D eigenvalue weighted by Crippen LogP contribution is -2.22. The van der Waals surface area contributed by atoms with Crippen molar-refractivity contribution in [2.75, 3.05) is 11.1 Å². The summed E-state index contributed by atoms with van der Waals surface area (Å²) in [6, 6.07) is 0. The lowest BCUT2D eigenvalue weighted by molar-refractivity contribution is -0.119. The van der Waals surface area contributed by atoms with Crippen LogP contribution < -0.4 is 11.1 Å². The third-order valence-electron chi connectivity index (χ3n) is 2.66. The van der Waals surface area contributed by atoms with Gasteiger partial charge in [-0.2, -0.15) is 5.10 Å². The van der Waals surface area contributed by atoms with Crippen molar-refractivity contribution in [3.05, 3.63) is 6.20 Å². The molecule has 1 unspecified atom stereocenters. The highest BCUT2D eigenvalue weighted by Gasteiger charge is 2.32. The Labute approximate surface area is 82.1 Å². The molecule has 0 radical (unpaired) electrons. The highest BCUT2D eigenvalue weighted by atomic mass is 16.2. The van der Waals surface area contributed by atoms with Crippen molar-refractivity contribution in [3.8, 4) is 0 Å². The molecule has 0 bridgehead atoms. The number of carbonyl (C=O) groups excluding carboxylic acids is 1. The first-order valence-corrected chi connectivity index (χ1v) is 4.78. The average Bonchev–Trinajstić information content (AvgIpc) is 2.92. The maximum absolute atomic E-state index is 11.6. The van der Waals surface area contributed by atoms with E-state index in [0.717, 1.165) is 12.8 Å². The number of aromatic nitrogens is 2. The van der Waals surface area contributed by atoms with E-state index >= 15 is 0 Å². The fourth-order valence-corrected chi connectivity index (χ4v) is 1.44. The molecular weight excluding hydrogens is 180 g/mol. The zero-order chi connectivity index (χ0) is 10.1. The highest BCUT2D eigenvalue weighted by molar-refractivity contribution is 5.94. The van der Waals surface area contributed by atoms with Crippen LogP contribution in [0.25, 0.3) is 0 Å². The second-order valence-electron chi connectivity index (χ2n) is 3.82. The second-order valence-corrected chi connectivity index (χ2v) is 3.82. The number of aromatic amines is 1. The van der Waals surface area contributed by atoms with Gasteiger partial charge in [-0.1, -0.05) is 6.92 Å². The van der Waals surface area contributed by atoms with E-state index in [1.165, 1.54) is 6.20 Å². The van der Waals surface area contributed by atoms with E-state index in [1.54, 1.807) is 0 Å². The summed E-state index contributed by atoms with van der Waals surface area (Å²) in [7, 11) is 0. The van der Waals surface area contributed by atoms with E-state index < -0.39 is 0 Å². The van der Waals surface area contributed by atoms with Gasteiger partial charge in [-0.05, 0) is 18.8 Å². The van der Waals surface area contributed by atoms with Crippen molar-refractivity contribution in [1.82, 2.24) is 10.2 Å². The molecule has 1 amide bonds. The Bertz CT molecular complexity index is 342. The molecule has 0 aliphatic heterocycles. The fourth-order valence-electron chi connectivity index (χ4n) is 1.44. The number of nitrogen functional groups attached to an aromatic ring is 1. The van der Waals surface area contributed by atoms with Crippen LogP contribution >= 0.6 is 0 Å². The first-order valence-electron chi connectivity index (χ1n) is 4.78. The van der Waals surface area contributed by atoms with E-state index in [1.807, 2.05) is 6.92 Å². The molecule has 1 aliphatic carbocycles. The Morgan fingerprint density at radius 1 is 1.79 bits per heavy atom. The van der Waals surface area contributed by atoms with E-state index in [-0.39, 0.29) is 11.8 Å². The van der Waals surface area contributed by atoms with Crippen LogP contribution in [0.3, 0.4) is 0 Å². The SMILES string of the molecule is CC(C(=O)Nc1[nH]ncc1N)C1CC1. The zero-order valence-corrected chi connectivity index (χ0v) is 8.08. The molecule has 0 saturated heterocycles. The normalized spacial score (nSPS) is 17.8. The third kappa shape index (κ3) is 1.71. The van der Waals surface area contributed by atoms with Gasteiger partial charge in [0.1, 0.15) is 0 Å². The number of carbonyl (C=O) groups is 1. The smallest absolute Gasteiger partial charge is 0.228 e. The minimum atomic E-state index is 0.0171. The molecule has 1 saturated carbocycles. The molecule has 1 atom stereocenters. The Hall–Kier alpha value is -1.52. The number of H-pyrrole nitrogens is 1. The van der Waals surface area contributed by atoms with Crippen molar-refractivity contribution in [2.45, 2.75) is 19.8 Å². The number of hydrogen-bond donors (Lipinski definition) is 3. The van der Waals surface area contributed by atoms with Crippen LogP contribution in [0.1, 0.15) is 19.8 Å². The quantitative estimate of drug-likeness (QED) is 0.670. The second kappa shape index (κ2) is 3.32. The van der Waals surface area contributed by atoms with E-state index in [9.17, 15) is 4.79 Å². The van der Waals surface area contributed by atoms with Gasteiger partial charge in [0.05, 0.1) is 11.9 Å². The average molecular weight is 194 g/mol. The summed E-state index contributed by atoms with van der Waals surface area (Å²) in [4.78, 5) is 11.6. The Balaban J connectivity index is 1.97. The molecule has 1 aromatic rings. The molecule has 76 valence electrons. The lowest BCUT2D eigenvalue weighted by atomic mass is 10.1. The first-order chi connectivity index (χ1) is 6.68. The minimum Gasteiger partial charge on any atom is -0.394 e. The Kier molecular flexibility index (Phi) is 2.15. The number of nitrogens with one attached hydrogen (secondary N) is 2. The minimum absolute atomic E-state index is 0.0171. The highest BCUT2D eigenvalue weighted by Crippen LogP contribution is 2.37. The Morgan fingerprint density at radius 3 is 3.00 bits per heavy atom. The molecular formula is C9H14N4O. The monoisotopic (exact) mass is 194 g/mol. The van der Waals surface area contributed by atoms with Gasteiger partial charge in [-0.3, -0.25) is 9.89 Å². The van der Waals surface area contributed by atoms with Gasteiger partial charge in [0.15, 0.2) is 5.82 Å². The maximum Gasteiger partial charge on any atom is 0.228 e. The van der Waals surface area contributed by atoms with E-state index in [4.69, 9.17) is 5.73 Å². The summed E-state index contributed by atoms with van der Waals surface area (Å²) in [6.45, 7) is 1.94. The largest absolute Gasteiger partial charge is 0.394 e. The van der Waals surface area contributed by atoms with Crippen LogP contribution in [0.5, 0.6) is 0 Å². The van der Waals surface area contributed by atoms with Gasteiger partial charge in [0, 0.05) is 5.92 Å². The summed E-state index contributed by atoms with van der Waals surface area (Å²) in [6.07, 6.45) is 3.80. The van der Waals surface area contributed by atoms with Gasteiger partial charge in [0.25, 0.3) is 0 Å². The summed E-state index contributed by atoms with van der Waals surface area (Å²) in [5, 5.41) is 9.10. The summed E-state index contributed by atoms with van der Waals surface area (Å²) in [5.41, 5.74) is 6.05. The molecule has 0 aromatic carbocycles. The molecule has 5 nitrogen and oxygen atoms in total. The van der Waals surface area contributed by atoms with Gasteiger partial charge in [-0.25, -0.2) is 0 Å². The maximum atomic E-state index is 11.6. The van der Waals surface area contributed by atoms with E-state index in [2.05, 4.69) is 15.5 Å². The lowest BCUT2D eigenvalue weighted by Gasteiger charge is -2.09. The van der Waals surface area contributed by atoms with Crippen molar-refractivity contribution in [3.63, 3.8) is 0 Å². The molecule has 4 N–H and O–H groups in total. The Morgan fingerprint density at radius 2 is 2.50 bits per heavy atom. The molecule has 1 aromatic heterocycles. The predicted molar refractivity (Wildman–Crippen MR) is 53.5 cm³/mol. The van der Waals surface area contributed by atoms with Crippen LogP contribution in [0, 0.1) is 11.8 Å².